The number of ether oxygens (including phenoxy) is 1. The van der Waals surface area contributed by atoms with Crippen molar-refractivity contribution in [2.24, 2.45) is 5.73 Å². The highest BCUT2D eigenvalue weighted by Gasteiger charge is 2.52. The SMILES string of the molecule is NCCNC(=S)Nc1ccc2c(c1)C(=O)OC21c2ccccc2Cc2cc(O)ccc21. The molecule has 2 aliphatic rings. The Labute approximate surface area is 185 Å². The summed E-state index contributed by atoms with van der Waals surface area (Å²) in [5.41, 5.74) is 10.2. The van der Waals surface area contributed by atoms with E-state index in [0.717, 1.165) is 27.8 Å². The van der Waals surface area contributed by atoms with E-state index >= 15 is 0 Å². The van der Waals surface area contributed by atoms with E-state index < -0.39 is 11.6 Å². The number of phenols is 1. The number of rotatable bonds is 3. The first kappa shape index (κ1) is 19.5. The van der Waals surface area contributed by atoms with Crippen LogP contribution in [0.25, 0.3) is 0 Å². The van der Waals surface area contributed by atoms with Crippen molar-refractivity contribution >= 4 is 29.0 Å². The van der Waals surface area contributed by atoms with E-state index in [1.54, 1.807) is 18.2 Å². The molecule has 0 saturated heterocycles. The van der Waals surface area contributed by atoms with Crippen LogP contribution >= 0.6 is 12.2 Å². The Bertz CT molecular complexity index is 1230. The van der Waals surface area contributed by atoms with Crippen LogP contribution < -0.4 is 16.4 Å². The van der Waals surface area contributed by atoms with Crippen molar-refractivity contribution in [2.75, 3.05) is 18.4 Å². The van der Waals surface area contributed by atoms with Crippen molar-refractivity contribution in [2.45, 2.75) is 12.0 Å². The average molecular weight is 432 g/mol. The van der Waals surface area contributed by atoms with Gasteiger partial charge in [-0.3, -0.25) is 0 Å². The monoisotopic (exact) mass is 431 g/mol. The van der Waals surface area contributed by atoms with Crippen molar-refractivity contribution in [1.29, 1.82) is 0 Å². The molecule has 7 heteroatoms. The molecule has 0 radical (unpaired) electrons. The summed E-state index contributed by atoms with van der Waals surface area (Å²) in [6, 6.07) is 18.8. The summed E-state index contributed by atoms with van der Waals surface area (Å²) < 4.78 is 6.16. The molecule has 1 aliphatic carbocycles. The molecule has 0 saturated carbocycles. The molecule has 1 aliphatic heterocycles. The molecule has 5 rings (SSSR count). The molecule has 1 spiro atoms. The first-order chi connectivity index (χ1) is 15.0. The number of anilines is 1. The number of phenolic OH excluding ortho intramolecular Hbond substituents is 1. The van der Waals surface area contributed by atoms with E-state index in [-0.39, 0.29) is 5.75 Å². The zero-order valence-corrected chi connectivity index (χ0v) is 17.5. The van der Waals surface area contributed by atoms with Gasteiger partial charge in [0.25, 0.3) is 0 Å². The Kier molecular flexibility index (Phi) is 4.64. The maximum atomic E-state index is 13.1. The Morgan fingerprint density at radius 1 is 1.06 bits per heavy atom. The number of thiocarbonyl (C=S) groups is 1. The van der Waals surface area contributed by atoms with E-state index in [2.05, 4.69) is 10.6 Å². The summed E-state index contributed by atoms with van der Waals surface area (Å²) in [7, 11) is 0. The number of nitrogens with two attached hydrogens (primary N) is 1. The van der Waals surface area contributed by atoms with Gasteiger partial charge < -0.3 is 26.2 Å². The minimum atomic E-state index is -1.04. The molecular weight excluding hydrogens is 410 g/mol. The zero-order valence-electron chi connectivity index (χ0n) is 16.6. The first-order valence-corrected chi connectivity index (χ1v) is 10.5. The number of carbonyl (C=O) groups excluding carboxylic acids is 1. The quantitative estimate of drug-likeness (QED) is 0.374. The number of carbonyl (C=O) groups is 1. The fourth-order valence-electron chi connectivity index (χ4n) is 4.55. The van der Waals surface area contributed by atoms with Crippen LogP contribution in [0.5, 0.6) is 5.75 Å². The summed E-state index contributed by atoms with van der Waals surface area (Å²) in [5, 5.41) is 16.6. The van der Waals surface area contributed by atoms with Gasteiger partial charge in [0.1, 0.15) is 5.75 Å². The molecule has 0 fully saturated rings. The molecule has 6 nitrogen and oxygen atoms in total. The molecule has 1 atom stereocenters. The molecule has 5 N–H and O–H groups in total. The van der Waals surface area contributed by atoms with Crippen molar-refractivity contribution in [1.82, 2.24) is 5.32 Å². The van der Waals surface area contributed by atoms with Crippen LogP contribution in [0.1, 0.15) is 38.2 Å². The summed E-state index contributed by atoms with van der Waals surface area (Å²) in [5.74, 6) is -0.203. The fourth-order valence-corrected chi connectivity index (χ4v) is 4.77. The summed E-state index contributed by atoms with van der Waals surface area (Å²) in [6.45, 7) is 1.03. The van der Waals surface area contributed by atoms with Crippen LogP contribution in [0.2, 0.25) is 0 Å². The zero-order chi connectivity index (χ0) is 21.6. The van der Waals surface area contributed by atoms with Crippen LogP contribution in [-0.4, -0.2) is 29.3 Å². The minimum Gasteiger partial charge on any atom is -0.508 e. The Hall–Kier alpha value is -3.42. The normalized spacial score (nSPS) is 18.0. The number of esters is 1. The van der Waals surface area contributed by atoms with Crippen molar-refractivity contribution in [3.63, 3.8) is 0 Å². The second kappa shape index (κ2) is 7.37. The lowest BCUT2D eigenvalue weighted by atomic mass is 9.71. The molecule has 156 valence electrons. The Morgan fingerprint density at radius 2 is 1.84 bits per heavy atom. The van der Waals surface area contributed by atoms with Crippen molar-refractivity contribution in [3.8, 4) is 5.75 Å². The van der Waals surface area contributed by atoms with Gasteiger partial charge in [0, 0.05) is 35.5 Å². The molecule has 0 bridgehead atoms. The third kappa shape index (κ3) is 3.05. The van der Waals surface area contributed by atoms with Gasteiger partial charge in [0.15, 0.2) is 10.7 Å². The number of hydrogen-bond acceptors (Lipinski definition) is 5. The number of aromatic hydroxyl groups is 1. The van der Waals surface area contributed by atoms with Gasteiger partial charge in [-0.05, 0) is 54.0 Å². The summed E-state index contributed by atoms with van der Waals surface area (Å²) >= 11 is 5.28. The molecule has 3 aromatic carbocycles. The first-order valence-electron chi connectivity index (χ1n) is 10.1. The molecular formula is C24H21N3O3S. The van der Waals surface area contributed by atoms with Crippen LogP contribution in [-0.2, 0) is 16.8 Å². The van der Waals surface area contributed by atoms with E-state index in [4.69, 9.17) is 22.7 Å². The minimum absolute atomic E-state index is 0.191. The summed E-state index contributed by atoms with van der Waals surface area (Å²) in [4.78, 5) is 13.1. The lowest BCUT2D eigenvalue weighted by Gasteiger charge is -2.37. The van der Waals surface area contributed by atoms with Crippen LogP contribution in [0.15, 0.2) is 60.7 Å². The molecule has 0 amide bonds. The average Bonchev–Trinajstić information content (AvgIpc) is 3.05. The van der Waals surface area contributed by atoms with Crippen molar-refractivity contribution < 1.29 is 14.6 Å². The third-order valence-corrected chi connectivity index (χ3v) is 6.04. The van der Waals surface area contributed by atoms with Crippen molar-refractivity contribution in [3.05, 3.63) is 94.0 Å². The van der Waals surface area contributed by atoms with Gasteiger partial charge in [-0.1, -0.05) is 36.4 Å². The largest absolute Gasteiger partial charge is 0.508 e. The smallest absolute Gasteiger partial charge is 0.340 e. The van der Waals surface area contributed by atoms with Gasteiger partial charge in [-0.15, -0.1) is 0 Å². The van der Waals surface area contributed by atoms with Gasteiger partial charge in [-0.25, -0.2) is 4.79 Å². The standard InChI is InChI=1S/C24H21N3O3S/c25-9-10-26-23(31)27-16-5-7-21-18(13-16)22(29)30-24(21)19-4-2-1-3-14(19)11-15-12-17(28)6-8-20(15)24/h1-8,12-13,28H,9-11,25H2,(H2,26,27,31). The van der Waals surface area contributed by atoms with Gasteiger partial charge in [0.2, 0.25) is 0 Å². The molecule has 3 aromatic rings. The lowest BCUT2D eigenvalue weighted by Crippen LogP contribution is -2.35. The predicted octanol–water partition coefficient (Wildman–Crippen LogP) is 3.00. The third-order valence-electron chi connectivity index (χ3n) is 5.80. The predicted molar refractivity (Wildman–Crippen MR) is 122 cm³/mol. The Morgan fingerprint density at radius 3 is 2.68 bits per heavy atom. The highest BCUT2D eigenvalue weighted by Crippen LogP contribution is 2.52. The lowest BCUT2D eigenvalue weighted by molar-refractivity contribution is 0.0241. The maximum absolute atomic E-state index is 13.1. The van der Waals surface area contributed by atoms with Gasteiger partial charge in [0.05, 0.1) is 5.56 Å². The molecule has 31 heavy (non-hydrogen) atoms. The number of hydrogen-bond donors (Lipinski definition) is 4. The number of benzene rings is 3. The second-order valence-electron chi connectivity index (χ2n) is 7.68. The van der Waals surface area contributed by atoms with Gasteiger partial charge in [-0.2, -0.15) is 0 Å². The van der Waals surface area contributed by atoms with E-state index in [0.29, 0.717) is 35.9 Å². The maximum Gasteiger partial charge on any atom is 0.340 e. The van der Waals surface area contributed by atoms with Crippen LogP contribution in [0, 0.1) is 0 Å². The van der Waals surface area contributed by atoms with Crippen LogP contribution in [0.4, 0.5) is 5.69 Å². The molecule has 1 unspecified atom stereocenters. The van der Waals surface area contributed by atoms with E-state index in [9.17, 15) is 9.90 Å². The number of fused-ring (bicyclic) bond motifs is 6. The highest BCUT2D eigenvalue weighted by atomic mass is 32.1. The second-order valence-corrected chi connectivity index (χ2v) is 8.08. The molecule has 0 aromatic heterocycles. The van der Waals surface area contributed by atoms with Crippen LogP contribution in [0.3, 0.4) is 0 Å². The van der Waals surface area contributed by atoms with E-state index in [1.807, 2.05) is 42.5 Å². The fraction of sp³-hybridized carbons (Fsp3) is 0.167. The van der Waals surface area contributed by atoms with E-state index in [1.165, 1.54) is 0 Å². The van der Waals surface area contributed by atoms with Gasteiger partial charge >= 0.3 is 5.97 Å². The molecule has 1 heterocycles. The Balaban J connectivity index is 1.65. The summed E-state index contributed by atoms with van der Waals surface area (Å²) in [6.07, 6.45) is 0.662. The number of nitrogens with one attached hydrogen (secondary N) is 2. The highest BCUT2D eigenvalue weighted by molar-refractivity contribution is 7.80. The topological polar surface area (TPSA) is 96.6 Å².